The molecule has 2 aliphatic rings. The molecule has 0 aromatic carbocycles. The Kier molecular flexibility index (Phi) is 3.13. The summed E-state index contributed by atoms with van der Waals surface area (Å²) in [5.74, 6) is 0. The van der Waals surface area contributed by atoms with E-state index in [0.29, 0.717) is 5.54 Å². The highest BCUT2D eigenvalue weighted by molar-refractivity contribution is 4.96. The van der Waals surface area contributed by atoms with E-state index in [0.717, 1.165) is 6.04 Å². The molecule has 14 heavy (non-hydrogen) atoms. The van der Waals surface area contributed by atoms with E-state index in [2.05, 4.69) is 24.2 Å². The summed E-state index contributed by atoms with van der Waals surface area (Å²) in [6.45, 7) is 4.89. The Morgan fingerprint density at radius 1 is 1.43 bits per heavy atom. The topological polar surface area (TPSA) is 15.3 Å². The molecule has 82 valence electrons. The van der Waals surface area contributed by atoms with Crippen LogP contribution in [0.1, 0.15) is 45.4 Å². The van der Waals surface area contributed by atoms with Gasteiger partial charge in [-0.05, 0) is 58.7 Å². The van der Waals surface area contributed by atoms with Gasteiger partial charge in [0.1, 0.15) is 0 Å². The number of hydrogen-bond acceptors (Lipinski definition) is 2. The van der Waals surface area contributed by atoms with Crippen LogP contribution in [0.15, 0.2) is 0 Å². The van der Waals surface area contributed by atoms with Gasteiger partial charge in [-0.25, -0.2) is 0 Å². The van der Waals surface area contributed by atoms with Gasteiger partial charge >= 0.3 is 0 Å². The lowest BCUT2D eigenvalue weighted by Gasteiger charge is -2.33. The van der Waals surface area contributed by atoms with Crippen molar-refractivity contribution in [1.29, 1.82) is 0 Å². The van der Waals surface area contributed by atoms with Crippen LogP contribution >= 0.6 is 0 Å². The summed E-state index contributed by atoms with van der Waals surface area (Å²) < 4.78 is 0. The van der Waals surface area contributed by atoms with Crippen LogP contribution < -0.4 is 5.32 Å². The number of nitrogens with one attached hydrogen (secondary N) is 1. The molecule has 1 N–H and O–H groups in total. The number of rotatable bonds is 3. The molecule has 0 aliphatic carbocycles. The van der Waals surface area contributed by atoms with E-state index in [9.17, 15) is 0 Å². The summed E-state index contributed by atoms with van der Waals surface area (Å²) in [6, 6.07) is 0.848. The van der Waals surface area contributed by atoms with Crippen LogP contribution in [0.25, 0.3) is 0 Å². The van der Waals surface area contributed by atoms with Crippen molar-refractivity contribution in [2.75, 3.05) is 20.1 Å². The third kappa shape index (κ3) is 1.96. The summed E-state index contributed by atoms with van der Waals surface area (Å²) in [7, 11) is 2.29. The lowest BCUT2D eigenvalue weighted by molar-refractivity contribution is 0.218. The largest absolute Gasteiger partial charge is 0.311 e. The molecule has 0 radical (unpaired) electrons. The highest BCUT2D eigenvalue weighted by Gasteiger charge is 2.36. The van der Waals surface area contributed by atoms with Crippen molar-refractivity contribution < 1.29 is 0 Å². The van der Waals surface area contributed by atoms with Crippen molar-refractivity contribution in [2.45, 2.75) is 57.0 Å². The van der Waals surface area contributed by atoms with E-state index in [1.807, 2.05) is 0 Å². The normalized spacial score (nSPS) is 39.4. The molecule has 2 fully saturated rings. The van der Waals surface area contributed by atoms with E-state index in [4.69, 9.17) is 0 Å². The quantitative estimate of drug-likeness (QED) is 0.743. The van der Waals surface area contributed by atoms with Gasteiger partial charge in [0.15, 0.2) is 0 Å². The van der Waals surface area contributed by atoms with Gasteiger partial charge < -0.3 is 10.2 Å². The highest BCUT2D eigenvalue weighted by atomic mass is 15.2. The fourth-order valence-corrected chi connectivity index (χ4v) is 3.18. The van der Waals surface area contributed by atoms with Crippen LogP contribution in [0.3, 0.4) is 0 Å². The van der Waals surface area contributed by atoms with Gasteiger partial charge in [0.2, 0.25) is 0 Å². The van der Waals surface area contributed by atoms with Gasteiger partial charge in [0.25, 0.3) is 0 Å². The Morgan fingerprint density at radius 2 is 2.29 bits per heavy atom. The first-order valence-corrected chi connectivity index (χ1v) is 6.21. The molecule has 2 heterocycles. The molecule has 2 nitrogen and oxygen atoms in total. The first-order valence-electron chi connectivity index (χ1n) is 6.21. The molecule has 2 heteroatoms. The van der Waals surface area contributed by atoms with E-state index >= 15 is 0 Å². The fourth-order valence-electron chi connectivity index (χ4n) is 3.18. The van der Waals surface area contributed by atoms with Gasteiger partial charge in [-0.3, -0.25) is 0 Å². The van der Waals surface area contributed by atoms with Crippen LogP contribution in [-0.2, 0) is 0 Å². The molecular weight excluding hydrogens is 172 g/mol. The van der Waals surface area contributed by atoms with Crippen molar-refractivity contribution in [3.05, 3.63) is 0 Å². The zero-order valence-electron chi connectivity index (χ0n) is 9.68. The summed E-state index contributed by atoms with van der Waals surface area (Å²) in [4.78, 5) is 2.55. The number of hydrogen-bond donors (Lipinski definition) is 1. The monoisotopic (exact) mass is 196 g/mol. The zero-order chi connectivity index (χ0) is 10.0. The zero-order valence-corrected chi connectivity index (χ0v) is 9.68. The highest BCUT2D eigenvalue weighted by Crippen LogP contribution is 2.32. The van der Waals surface area contributed by atoms with E-state index in [1.165, 1.54) is 51.6 Å². The predicted molar refractivity (Wildman–Crippen MR) is 60.5 cm³/mol. The minimum Gasteiger partial charge on any atom is -0.311 e. The van der Waals surface area contributed by atoms with Crippen molar-refractivity contribution in [2.24, 2.45) is 0 Å². The second-order valence-corrected chi connectivity index (χ2v) is 5.14. The Labute approximate surface area is 88.1 Å². The van der Waals surface area contributed by atoms with Gasteiger partial charge in [-0.15, -0.1) is 0 Å². The third-order valence-corrected chi connectivity index (χ3v) is 4.31. The van der Waals surface area contributed by atoms with Gasteiger partial charge in [0, 0.05) is 11.6 Å². The fraction of sp³-hybridized carbons (Fsp3) is 1.00. The summed E-state index contributed by atoms with van der Waals surface area (Å²) in [5, 5.41) is 3.74. The predicted octanol–water partition coefficient (Wildman–Crippen LogP) is 2.00. The van der Waals surface area contributed by atoms with E-state index < -0.39 is 0 Å². The molecule has 2 aliphatic heterocycles. The number of nitrogens with zero attached hydrogens (tertiary/aromatic N) is 1. The molecule has 0 amide bonds. The van der Waals surface area contributed by atoms with Crippen molar-refractivity contribution >= 4 is 0 Å². The van der Waals surface area contributed by atoms with E-state index in [1.54, 1.807) is 0 Å². The second kappa shape index (κ2) is 4.19. The first kappa shape index (κ1) is 10.4. The SMILES string of the molecule is CCC1(CC2CCCN2C)CCCN1. The first-order chi connectivity index (χ1) is 6.76. The maximum absolute atomic E-state index is 3.74. The Morgan fingerprint density at radius 3 is 2.79 bits per heavy atom. The Balaban J connectivity index is 1.93. The average molecular weight is 196 g/mol. The lowest BCUT2D eigenvalue weighted by Crippen LogP contribution is -2.44. The van der Waals surface area contributed by atoms with Crippen LogP contribution in [0.4, 0.5) is 0 Å². The minimum absolute atomic E-state index is 0.489. The van der Waals surface area contributed by atoms with Crippen LogP contribution in [0.5, 0.6) is 0 Å². The van der Waals surface area contributed by atoms with Crippen molar-refractivity contribution in [3.8, 4) is 0 Å². The second-order valence-electron chi connectivity index (χ2n) is 5.14. The van der Waals surface area contributed by atoms with Crippen LogP contribution in [-0.4, -0.2) is 36.6 Å². The molecule has 0 bridgehead atoms. The molecule has 0 spiro atoms. The van der Waals surface area contributed by atoms with Gasteiger partial charge in [-0.2, -0.15) is 0 Å². The lowest BCUT2D eigenvalue weighted by atomic mass is 9.86. The van der Waals surface area contributed by atoms with Crippen LogP contribution in [0.2, 0.25) is 0 Å². The smallest absolute Gasteiger partial charge is 0.0194 e. The summed E-state index contributed by atoms with van der Waals surface area (Å²) in [5.41, 5.74) is 0.489. The third-order valence-electron chi connectivity index (χ3n) is 4.31. The maximum atomic E-state index is 3.74. The summed E-state index contributed by atoms with van der Waals surface area (Å²) >= 11 is 0. The van der Waals surface area contributed by atoms with Crippen molar-refractivity contribution in [1.82, 2.24) is 10.2 Å². The molecule has 0 aromatic heterocycles. The Bertz CT molecular complexity index is 185. The Hall–Kier alpha value is -0.0800. The van der Waals surface area contributed by atoms with Gasteiger partial charge in [-0.1, -0.05) is 6.92 Å². The molecule has 2 unspecified atom stereocenters. The van der Waals surface area contributed by atoms with Gasteiger partial charge in [0.05, 0.1) is 0 Å². The number of likely N-dealkylation sites (tertiary alicyclic amines) is 1. The van der Waals surface area contributed by atoms with Crippen molar-refractivity contribution in [3.63, 3.8) is 0 Å². The minimum atomic E-state index is 0.489. The molecule has 2 rings (SSSR count). The molecule has 0 saturated carbocycles. The summed E-state index contributed by atoms with van der Waals surface area (Å²) in [6.07, 6.45) is 8.27. The molecule has 2 atom stereocenters. The van der Waals surface area contributed by atoms with Crippen LogP contribution in [0, 0.1) is 0 Å². The standard InChI is InChI=1S/C12H24N2/c1-3-12(7-5-8-13-12)10-11-6-4-9-14(11)2/h11,13H,3-10H2,1-2H3. The average Bonchev–Trinajstić information content (AvgIpc) is 2.79. The molecule has 0 aromatic rings. The molecular formula is C12H24N2. The molecule has 2 saturated heterocycles. The maximum Gasteiger partial charge on any atom is 0.0194 e. The van der Waals surface area contributed by atoms with E-state index in [-0.39, 0.29) is 0 Å².